The normalized spacial score (nSPS) is 18.2. The molecule has 0 atom stereocenters. The molecule has 3 nitrogen and oxygen atoms in total. The third-order valence-corrected chi connectivity index (χ3v) is 2.51. The minimum atomic E-state index is 0.148. The third-order valence-electron chi connectivity index (χ3n) is 2.51. The smallest absolute Gasteiger partial charge is 0.0526 e. The largest absolute Gasteiger partial charge is 0.384 e. The summed E-state index contributed by atoms with van der Waals surface area (Å²) in [4.78, 5) is 4.02. The minimum Gasteiger partial charge on any atom is -0.384 e. The van der Waals surface area contributed by atoms with Crippen LogP contribution in [0.2, 0.25) is 0 Å². The predicted octanol–water partition coefficient (Wildman–Crippen LogP) is 1.37. The SMILES string of the molecule is NC1(CCNc2cccnc2)CC1. The molecule has 0 amide bonds. The summed E-state index contributed by atoms with van der Waals surface area (Å²) in [5, 5.41) is 3.30. The van der Waals surface area contributed by atoms with Crippen LogP contribution in [-0.4, -0.2) is 17.1 Å². The second kappa shape index (κ2) is 3.34. The van der Waals surface area contributed by atoms with Crippen LogP contribution in [0.4, 0.5) is 5.69 Å². The summed E-state index contributed by atoms with van der Waals surface area (Å²) in [7, 11) is 0. The Bertz CT molecular complexity index is 267. The summed E-state index contributed by atoms with van der Waals surface area (Å²) in [5.41, 5.74) is 7.18. The summed E-state index contributed by atoms with van der Waals surface area (Å²) in [5.74, 6) is 0. The maximum Gasteiger partial charge on any atom is 0.0526 e. The summed E-state index contributed by atoms with van der Waals surface area (Å²) >= 11 is 0. The Morgan fingerprint density at radius 3 is 3.00 bits per heavy atom. The molecule has 0 radical (unpaired) electrons. The van der Waals surface area contributed by atoms with E-state index in [9.17, 15) is 0 Å². The van der Waals surface area contributed by atoms with Gasteiger partial charge in [-0.15, -0.1) is 0 Å². The first-order chi connectivity index (χ1) is 6.29. The molecule has 0 spiro atoms. The first kappa shape index (κ1) is 8.51. The number of hydrogen-bond donors (Lipinski definition) is 2. The number of hydrogen-bond acceptors (Lipinski definition) is 3. The Morgan fingerprint density at radius 2 is 2.38 bits per heavy atom. The van der Waals surface area contributed by atoms with E-state index in [4.69, 9.17) is 5.73 Å². The molecule has 0 bridgehead atoms. The average molecular weight is 177 g/mol. The second-order valence-electron chi connectivity index (χ2n) is 3.78. The van der Waals surface area contributed by atoms with E-state index in [1.54, 1.807) is 6.20 Å². The zero-order chi connectivity index (χ0) is 9.15. The molecule has 13 heavy (non-hydrogen) atoms. The average Bonchev–Trinajstić information content (AvgIpc) is 2.86. The van der Waals surface area contributed by atoms with E-state index < -0.39 is 0 Å². The van der Waals surface area contributed by atoms with E-state index in [0.29, 0.717) is 0 Å². The summed E-state index contributed by atoms with van der Waals surface area (Å²) < 4.78 is 0. The Kier molecular flexibility index (Phi) is 2.19. The molecule has 1 heterocycles. The highest BCUT2D eigenvalue weighted by molar-refractivity contribution is 5.39. The van der Waals surface area contributed by atoms with E-state index in [-0.39, 0.29) is 5.54 Å². The lowest BCUT2D eigenvalue weighted by Crippen LogP contribution is -2.24. The Labute approximate surface area is 78.4 Å². The maximum absolute atomic E-state index is 5.96. The lowest BCUT2D eigenvalue weighted by Gasteiger charge is -2.09. The van der Waals surface area contributed by atoms with Crippen LogP contribution in [0.1, 0.15) is 19.3 Å². The van der Waals surface area contributed by atoms with E-state index in [1.165, 1.54) is 12.8 Å². The Balaban J connectivity index is 1.74. The summed E-state index contributed by atoms with van der Waals surface area (Å²) in [6, 6.07) is 3.95. The molecule has 0 unspecified atom stereocenters. The van der Waals surface area contributed by atoms with Gasteiger partial charge in [0.2, 0.25) is 0 Å². The van der Waals surface area contributed by atoms with Crippen LogP contribution >= 0.6 is 0 Å². The van der Waals surface area contributed by atoms with Gasteiger partial charge in [-0.1, -0.05) is 0 Å². The molecule has 3 N–H and O–H groups in total. The highest BCUT2D eigenvalue weighted by Crippen LogP contribution is 2.35. The van der Waals surface area contributed by atoms with Gasteiger partial charge >= 0.3 is 0 Å². The van der Waals surface area contributed by atoms with Crippen molar-refractivity contribution in [1.82, 2.24) is 4.98 Å². The van der Waals surface area contributed by atoms with Gasteiger partial charge in [-0.3, -0.25) is 4.98 Å². The molecule has 1 fully saturated rings. The topological polar surface area (TPSA) is 50.9 Å². The van der Waals surface area contributed by atoms with Gasteiger partial charge in [0.05, 0.1) is 5.69 Å². The molecular formula is C10H15N3. The van der Waals surface area contributed by atoms with Crippen LogP contribution in [0.5, 0.6) is 0 Å². The molecular weight excluding hydrogens is 162 g/mol. The molecule has 0 aliphatic heterocycles. The molecule has 2 rings (SSSR count). The zero-order valence-corrected chi connectivity index (χ0v) is 7.66. The van der Waals surface area contributed by atoms with E-state index in [1.807, 2.05) is 18.3 Å². The molecule has 1 aromatic heterocycles. The van der Waals surface area contributed by atoms with Gasteiger partial charge in [0.15, 0.2) is 0 Å². The van der Waals surface area contributed by atoms with E-state index >= 15 is 0 Å². The zero-order valence-electron chi connectivity index (χ0n) is 7.66. The first-order valence-electron chi connectivity index (χ1n) is 4.71. The number of nitrogens with zero attached hydrogens (tertiary/aromatic N) is 1. The van der Waals surface area contributed by atoms with Gasteiger partial charge in [-0.2, -0.15) is 0 Å². The number of aromatic nitrogens is 1. The van der Waals surface area contributed by atoms with Gasteiger partial charge < -0.3 is 11.1 Å². The molecule has 0 aromatic carbocycles. The third kappa shape index (κ3) is 2.42. The Hall–Kier alpha value is -1.09. The van der Waals surface area contributed by atoms with Crippen molar-refractivity contribution in [2.75, 3.05) is 11.9 Å². The van der Waals surface area contributed by atoms with Gasteiger partial charge in [-0.05, 0) is 31.4 Å². The highest BCUT2D eigenvalue weighted by Gasteiger charge is 2.37. The van der Waals surface area contributed by atoms with E-state index in [2.05, 4.69) is 10.3 Å². The number of pyridine rings is 1. The summed E-state index contributed by atoms with van der Waals surface area (Å²) in [6.45, 7) is 0.947. The molecule has 1 aliphatic carbocycles. The van der Waals surface area contributed by atoms with Crippen molar-refractivity contribution in [3.63, 3.8) is 0 Å². The van der Waals surface area contributed by atoms with Crippen molar-refractivity contribution in [1.29, 1.82) is 0 Å². The molecule has 1 saturated carbocycles. The van der Waals surface area contributed by atoms with Crippen molar-refractivity contribution >= 4 is 5.69 Å². The quantitative estimate of drug-likeness (QED) is 0.730. The van der Waals surface area contributed by atoms with Gasteiger partial charge in [0.25, 0.3) is 0 Å². The fourth-order valence-corrected chi connectivity index (χ4v) is 1.33. The van der Waals surface area contributed by atoms with E-state index in [0.717, 1.165) is 18.7 Å². The van der Waals surface area contributed by atoms with Gasteiger partial charge in [-0.25, -0.2) is 0 Å². The molecule has 3 heteroatoms. The molecule has 0 saturated heterocycles. The number of nitrogens with two attached hydrogens (primary N) is 1. The molecule has 70 valence electrons. The lowest BCUT2D eigenvalue weighted by molar-refractivity contribution is 0.630. The monoisotopic (exact) mass is 177 g/mol. The predicted molar refractivity (Wildman–Crippen MR) is 53.5 cm³/mol. The second-order valence-corrected chi connectivity index (χ2v) is 3.78. The first-order valence-corrected chi connectivity index (χ1v) is 4.71. The molecule has 1 aromatic rings. The fraction of sp³-hybridized carbons (Fsp3) is 0.500. The van der Waals surface area contributed by atoms with Gasteiger partial charge in [0.1, 0.15) is 0 Å². The van der Waals surface area contributed by atoms with Crippen LogP contribution < -0.4 is 11.1 Å². The van der Waals surface area contributed by atoms with Crippen LogP contribution in [0.25, 0.3) is 0 Å². The Morgan fingerprint density at radius 1 is 1.54 bits per heavy atom. The maximum atomic E-state index is 5.96. The van der Waals surface area contributed by atoms with Crippen LogP contribution in [-0.2, 0) is 0 Å². The standard InChI is InChI=1S/C10H15N3/c11-10(3-4-10)5-7-13-9-2-1-6-12-8-9/h1-2,6,8,13H,3-5,7,11H2. The number of nitrogens with one attached hydrogen (secondary N) is 1. The lowest BCUT2D eigenvalue weighted by atomic mass is 10.2. The summed E-state index contributed by atoms with van der Waals surface area (Å²) in [6.07, 6.45) is 7.03. The fourth-order valence-electron chi connectivity index (χ4n) is 1.33. The van der Waals surface area contributed by atoms with Crippen molar-refractivity contribution < 1.29 is 0 Å². The van der Waals surface area contributed by atoms with Crippen LogP contribution in [0.3, 0.4) is 0 Å². The van der Waals surface area contributed by atoms with Crippen LogP contribution in [0.15, 0.2) is 24.5 Å². The highest BCUT2D eigenvalue weighted by atomic mass is 14.9. The number of anilines is 1. The van der Waals surface area contributed by atoms with Crippen LogP contribution in [0, 0.1) is 0 Å². The van der Waals surface area contributed by atoms with Crippen molar-refractivity contribution in [3.8, 4) is 0 Å². The van der Waals surface area contributed by atoms with Crippen molar-refractivity contribution in [2.24, 2.45) is 5.73 Å². The van der Waals surface area contributed by atoms with Crippen molar-refractivity contribution in [3.05, 3.63) is 24.5 Å². The molecule has 1 aliphatic rings. The van der Waals surface area contributed by atoms with Crippen molar-refractivity contribution in [2.45, 2.75) is 24.8 Å². The van der Waals surface area contributed by atoms with Gasteiger partial charge in [0, 0.05) is 24.5 Å². The minimum absolute atomic E-state index is 0.148. The number of rotatable bonds is 4.